The van der Waals surface area contributed by atoms with Gasteiger partial charge in [0.1, 0.15) is 5.82 Å². The molecule has 0 amide bonds. The predicted octanol–water partition coefficient (Wildman–Crippen LogP) is 3.77. The van der Waals surface area contributed by atoms with Crippen molar-refractivity contribution in [1.82, 2.24) is 4.98 Å². The van der Waals surface area contributed by atoms with E-state index in [0.717, 1.165) is 11.8 Å². The van der Waals surface area contributed by atoms with E-state index in [-0.39, 0.29) is 11.9 Å². The summed E-state index contributed by atoms with van der Waals surface area (Å²) in [6.45, 7) is 0. The highest BCUT2D eigenvalue weighted by Gasteiger charge is 2.11. The fourth-order valence-corrected chi connectivity index (χ4v) is 2.12. The van der Waals surface area contributed by atoms with Gasteiger partial charge in [-0.15, -0.1) is 0 Å². The monoisotopic (exact) mass is 284 g/mol. The lowest BCUT2D eigenvalue weighted by Gasteiger charge is -2.12. The van der Waals surface area contributed by atoms with Crippen LogP contribution in [0.15, 0.2) is 36.5 Å². The topological polar surface area (TPSA) is 38.9 Å². The average molecular weight is 285 g/mol. The largest absolute Gasteiger partial charge is 0.322 e. The molecule has 2 rings (SSSR count). The van der Waals surface area contributed by atoms with Gasteiger partial charge in [-0.2, -0.15) is 0 Å². The van der Waals surface area contributed by atoms with Gasteiger partial charge in [-0.1, -0.05) is 29.3 Å². The van der Waals surface area contributed by atoms with Crippen LogP contribution in [0.5, 0.6) is 0 Å². The maximum atomic E-state index is 12.7. The zero-order chi connectivity index (χ0) is 13.1. The zero-order valence-electron chi connectivity index (χ0n) is 9.41. The van der Waals surface area contributed by atoms with Crippen molar-refractivity contribution >= 4 is 23.2 Å². The number of rotatable bonds is 3. The third kappa shape index (κ3) is 3.19. The Labute approximate surface area is 115 Å². The van der Waals surface area contributed by atoms with Crippen molar-refractivity contribution in [2.24, 2.45) is 5.73 Å². The lowest BCUT2D eigenvalue weighted by Crippen LogP contribution is -2.15. The van der Waals surface area contributed by atoms with Gasteiger partial charge < -0.3 is 5.73 Å². The fourth-order valence-electron chi connectivity index (χ4n) is 1.64. The Hall–Kier alpha value is -1.16. The van der Waals surface area contributed by atoms with E-state index in [0.29, 0.717) is 22.2 Å². The lowest BCUT2D eigenvalue weighted by molar-refractivity contribution is 0.612. The molecule has 18 heavy (non-hydrogen) atoms. The molecule has 0 aliphatic carbocycles. The van der Waals surface area contributed by atoms with Crippen LogP contribution in [0.4, 0.5) is 4.39 Å². The van der Waals surface area contributed by atoms with Crippen LogP contribution >= 0.6 is 23.2 Å². The SMILES string of the molecule is NC(Cc1ccc(Cl)cc1Cl)c1ccc(F)cn1. The van der Waals surface area contributed by atoms with Gasteiger partial charge in [0.05, 0.1) is 17.9 Å². The van der Waals surface area contributed by atoms with Gasteiger partial charge in [0.2, 0.25) is 0 Å². The Morgan fingerprint density at radius 3 is 2.61 bits per heavy atom. The Bertz CT molecular complexity index is 543. The first-order valence-electron chi connectivity index (χ1n) is 5.37. The molecule has 2 nitrogen and oxygen atoms in total. The van der Waals surface area contributed by atoms with Crippen molar-refractivity contribution in [3.05, 3.63) is 63.6 Å². The van der Waals surface area contributed by atoms with Gasteiger partial charge in [-0.3, -0.25) is 4.98 Å². The summed E-state index contributed by atoms with van der Waals surface area (Å²) < 4.78 is 12.7. The summed E-state index contributed by atoms with van der Waals surface area (Å²) in [6, 6.07) is 7.84. The normalized spacial score (nSPS) is 12.4. The van der Waals surface area contributed by atoms with Gasteiger partial charge in [0, 0.05) is 10.0 Å². The van der Waals surface area contributed by atoms with Crippen LogP contribution in [0.2, 0.25) is 10.0 Å². The summed E-state index contributed by atoms with van der Waals surface area (Å²) >= 11 is 11.9. The fraction of sp³-hybridized carbons (Fsp3) is 0.154. The Kier molecular flexibility index (Phi) is 4.17. The van der Waals surface area contributed by atoms with E-state index in [1.807, 2.05) is 6.07 Å². The summed E-state index contributed by atoms with van der Waals surface area (Å²) in [6.07, 6.45) is 1.67. The average Bonchev–Trinajstić information content (AvgIpc) is 2.33. The number of halogens is 3. The van der Waals surface area contributed by atoms with Crippen LogP contribution in [0.25, 0.3) is 0 Å². The van der Waals surface area contributed by atoms with Gasteiger partial charge >= 0.3 is 0 Å². The summed E-state index contributed by atoms with van der Waals surface area (Å²) in [7, 11) is 0. The second-order valence-electron chi connectivity index (χ2n) is 3.95. The number of aromatic nitrogens is 1. The minimum Gasteiger partial charge on any atom is -0.322 e. The second kappa shape index (κ2) is 5.65. The van der Waals surface area contributed by atoms with E-state index < -0.39 is 0 Å². The van der Waals surface area contributed by atoms with Crippen molar-refractivity contribution in [3.8, 4) is 0 Å². The number of pyridine rings is 1. The maximum absolute atomic E-state index is 12.7. The van der Waals surface area contributed by atoms with Crippen LogP contribution in [0.1, 0.15) is 17.3 Å². The summed E-state index contributed by atoms with van der Waals surface area (Å²) in [5, 5.41) is 1.15. The molecule has 1 aromatic heterocycles. The number of hydrogen-bond acceptors (Lipinski definition) is 2. The molecule has 0 bridgehead atoms. The van der Waals surface area contributed by atoms with Crippen LogP contribution in [-0.4, -0.2) is 4.98 Å². The van der Waals surface area contributed by atoms with Gasteiger partial charge in [-0.05, 0) is 36.2 Å². The van der Waals surface area contributed by atoms with Gasteiger partial charge in [0.25, 0.3) is 0 Å². The molecule has 0 saturated heterocycles. The highest BCUT2D eigenvalue weighted by atomic mass is 35.5. The van der Waals surface area contributed by atoms with Crippen LogP contribution in [0.3, 0.4) is 0 Å². The molecule has 0 saturated carbocycles. The van der Waals surface area contributed by atoms with Crippen molar-refractivity contribution in [2.45, 2.75) is 12.5 Å². The molecule has 1 aromatic carbocycles. The van der Waals surface area contributed by atoms with Crippen molar-refractivity contribution in [2.75, 3.05) is 0 Å². The van der Waals surface area contributed by atoms with E-state index in [2.05, 4.69) is 4.98 Å². The third-order valence-corrected chi connectivity index (χ3v) is 3.17. The molecule has 0 radical (unpaired) electrons. The van der Waals surface area contributed by atoms with Crippen molar-refractivity contribution in [1.29, 1.82) is 0 Å². The standard InChI is InChI=1S/C13H11Cl2FN2/c14-9-2-1-8(11(15)6-9)5-12(17)13-4-3-10(16)7-18-13/h1-4,6-7,12H,5,17H2. The van der Waals surface area contributed by atoms with Crippen LogP contribution in [0, 0.1) is 5.82 Å². The molecule has 0 aliphatic heterocycles. The quantitative estimate of drug-likeness (QED) is 0.932. The number of hydrogen-bond donors (Lipinski definition) is 1. The molecule has 0 aliphatic rings. The van der Waals surface area contributed by atoms with Crippen molar-refractivity contribution in [3.63, 3.8) is 0 Å². The molecule has 94 valence electrons. The Morgan fingerprint density at radius 1 is 1.22 bits per heavy atom. The molecule has 1 atom stereocenters. The van der Waals surface area contributed by atoms with E-state index >= 15 is 0 Å². The molecule has 1 unspecified atom stereocenters. The maximum Gasteiger partial charge on any atom is 0.141 e. The summed E-state index contributed by atoms with van der Waals surface area (Å²) in [4.78, 5) is 3.95. The summed E-state index contributed by atoms with van der Waals surface area (Å²) in [5.74, 6) is -0.379. The Morgan fingerprint density at radius 2 is 2.00 bits per heavy atom. The molecule has 2 N–H and O–H groups in total. The number of benzene rings is 1. The highest BCUT2D eigenvalue weighted by molar-refractivity contribution is 6.35. The molecule has 1 heterocycles. The van der Waals surface area contributed by atoms with E-state index in [1.165, 1.54) is 6.07 Å². The zero-order valence-corrected chi connectivity index (χ0v) is 10.9. The highest BCUT2D eigenvalue weighted by Crippen LogP contribution is 2.24. The van der Waals surface area contributed by atoms with E-state index in [1.54, 1.807) is 18.2 Å². The second-order valence-corrected chi connectivity index (χ2v) is 4.79. The third-order valence-electron chi connectivity index (χ3n) is 2.59. The van der Waals surface area contributed by atoms with E-state index in [9.17, 15) is 4.39 Å². The lowest BCUT2D eigenvalue weighted by atomic mass is 10.0. The number of nitrogens with zero attached hydrogens (tertiary/aromatic N) is 1. The Balaban J connectivity index is 2.15. The smallest absolute Gasteiger partial charge is 0.141 e. The van der Waals surface area contributed by atoms with Crippen molar-refractivity contribution < 1.29 is 4.39 Å². The van der Waals surface area contributed by atoms with Gasteiger partial charge in [0.15, 0.2) is 0 Å². The molecule has 5 heteroatoms. The minimum absolute atomic E-state index is 0.329. The predicted molar refractivity (Wildman–Crippen MR) is 71.3 cm³/mol. The minimum atomic E-state index is -0.379. The first kappa shape index (κ1) is 13.3. The first-order chi connectivity index (χ1) is 8.56. The molecule has 2 aromatic rings. The summed E-state index contributed by atoms with van der Waals surface area (Å²) in [5.41, 5.74) is 7.52. The number of nitrogens with two attached hydrogens (primary N) is 1. The molecule has 0 fully saturated rings. The molecular weight excluding hydrogens is 274 g/mol. The van der Waals surface area contributed by atoms with Gasteiger partial charge in [-0.25, -0.2) is 4.39 Å². The molecule has 0 spiro atoms. The van der Waals surface area contributed by atoms with Crippen LogP contribution in [-0.2, 0) is 6.42 Å². The first-order valence-corrected chi connectivity index (χ1v) is 6.13. The molecular formula is C13H11Cl2FN2. The van der Waals surface area contributed by atoms with Crippen LogP contribution < -0.4 is 5.73 Å². The van der Waals surface area contributed by atoms with E-state index in [4.69, 9.17) is 28.9 Å².